The highest BCUT2D eigenvalue weighted by molar-refractivity contribution is 9.10. The van der Waals surface area contributed by atoms with Gasteiger partial charge in [0.1, 0.15) is 17.4 Å². The first-order valence-electron chi connectivity index (χ1n) is 4.86. The Morgan fingerprint density at radius 2 is 2.35 bits per heavy atom. The number of hydrogen-bond acceptors (Lipinski definition) is 4. The molecule has 0 saturated heterocycles. The Balaban J connectivity index is 3.03. The van der Waals surface area contributed by atoms with Crippen LogP contribution in [0.4, 0.5) is 0 Å². The quantitative estimate of drug-likeness (QED) is 0.529. The smallest absolute Gasteiger partial charge is 0.348 e. The average molecular weight is 296 g/mol. The minimum atomic E-state index is -0.654. The summed E-state index contributed by atoms with van der Waals surface area (Å²) in [6.07, 6.45) is 1.40. The molecule has 0 saturated carbocycles. The molecular weight excluding hydrogens is 286 g/mol. The minimum absolute atomic E-state index is 0.0792. The van der Waals surface area contributed by atoms with Gasteiger partial charge in [-0.3, -0.25) is 0 Å². The van der Waals surface area contributed by atoms with Crippen LogP contribution < -0.4 is 0 Å². The number of benzene rings is 1. The van der Waals surface area contributed by atoms with Crippen molar-refractivity contribution >= 4 is 28.0 Å². The van der Waals surface area contributed by atoms with Crippen LogP contribution in [0.25, 0.3) is 6.08 Å². The third kappa shape index (κ3) is 3.61. The van der Waals surface area contributed by atoms with Crippen molar-refractivity contribution in [2.75, 3.05) is 6.61 Å². The van der Waals surface area contributed by atoms with Crippen molar-refractivity contribution in [2.24, 2.45) is 0 Å². The SMILES string of the molecule is CCOC(=O)/C(C#N)=C/c1ccc(O)c(Br)c1. The summed E-state index contributed by atoms with van der Waals surface area (Å²) in [7, 11) is 0. The van der Waals surface area contributed by atoms with Crippen molar-refractivity contribution in [3.05, 3.63) is 33.8 Å². The molecule has 0 unspecified atom stereocenters. The summed E-state index contributed by atoms with van der Waals surface area (Å²) < 4.78 is 5.22. The van der Waals surface area contributed by atoms with Gasteiger partial charge in [-0.05, 0) is 46.6 Å². The Hall–Kier alpha value is -1.80. The third-order valence-electron chi connectivity index (χ3n) is 1.90. The van der Waals surface area contributed by atoms with E-state index in [0.717, 1.165) is 0 Å². The summed E-state index contributed by atoms with van der Waals surface area (Å²) in [5.41, 5.74) is 0.545. The van der Waals surface area contributed by atoms with E-state index in [4.69, 9.17) is 10.00 Å². The summed E-state index contributed by atoms with van der Waals surface area (Å²) >= 11 is 3.15. The summed E-state index contributed by atoms with van der Waals surface area (Å²) in [4.78, 5) is 11.4. The van der Waals surface area contributed by atoms with Crippen LogP contribution in [-0.4, -0.2) is 17.7 Å². The van der Waals surface area contributed by atoms with E-state index < -0.39 is 5.97 Å². The average Bonchev–Trinajstić information content (AvgIpc) is 2.30. The lowest BCUT2D eigenvalue weighted by molar-refractivity contribution is -0.137. The van der Waals surface area contributed by atoms with Gasteiger partial charge in [0.05, 0.1) is 11.1 Å². The van der Waals surface area contributed by atoms with E-state index in [1.165, 1.54) is 12.1 Å². The number of hydrogen-bond donors (Lipinski definition) is 1. The van der Waals surface area contributed by atoms with E-state index in [-0.39, 0.29) is 17.9 Å². The summed E-state index contributed by atoms with van der Waals surface area (Å²) in [6.45, 7) is 1.89. The number of phenolic OH excluding ortho intramolecular Hbond substituents is 1. The number of rotatable bonds is 3. The molecule has 0 fully saturated rings. The standard InChI is InChI=1S/C12H10BrNO3/c1-2-17-12(16)9(7-14)5-8-3-4-11(15)10(13)6-8/h3-6,15H,2H2,1H3/b9-5+. The highest BCUT2D eigenvalue weighted by Crippen LogP contribution is 2.25. The van der Waals surface area contributed by atoms with E-state index in [9.17, 15) is 9.90 Å². The molecule has 1 aromatic rings. The maximum atomic E-state index is 11.4. The molecule has 0 heterocycles. The second-order valence-corrected chi connectivity index (χ2v) is 3.96. The Morgan fingerprint density at radius 1 is 1.65 bits per heavy atom. The van der Waals surface area contributed by atoms with Crippen LogP contribution in [0.3, 0.4) is 0 Å². The zero-order valence-corrected chi connectivity index (χ0v) is 10.7. The molecule has 5 heteroatoms. The predicted octanol–water partition coefficient (Wildman–Crippen LogP) is 2.62. The molecule has 17 heavy (non-hydrogen) atoms. The van der Waals surface area contributed by atoms with Gasteiger partial charge in [0, 0.05) is 0 Å². The summed E-state index contributed by atoms with van der Waals surface area (Å²) in [5.74, 6) is -0.559. The third-order valence-corrected chi connectivity index (χ3v) is 2.53. The molecule has 0 bridgehead atoms. The Kier molecular flexibility index (Phi) is 4.73. The second-order valence-electron chi connectivity index (χ2n) is 3.10. The van der Waals surface area contributed by atoms with Gasteiger partial charge in [-0.15, -0.1) is 0 Å². The van der Waals surface area contributed by atoms with Gasteiger partial charge in [0.15, 0.2) is 0 Å². The highest BCUT2D eigenvalue weighted by atomic mass is 79.9. The van der Waals surface area contributed by atoms with Crippen molar-refractivity contribution in [3.63, 3.8) is 0 Å². The molecule has 0 aromatic heterocycles. The van der Waals surface area contributed by atoms with Gasteiger partial charge in [-0.2, -0.15) is 5.26 Å². The monoisotopic (exact) mass is 295 g/mol. The van der Waals surface area contributed by atoms with E-state index in [2.05, 4.69) is 15.9 Å². The number of carbonyl (C=O) groups is 1. The molecule has 88 valence electrons. The van der Waals surface area contributed by atoms with Crippen molar-refractivity contribution in [1.82, 2.24) is 0 Å². The van der Waals surface area contributed by atoms with E-state index >= 15 is 0 Å². The lowest BCUT2D eigenvalue weighted by Crippen LogP contribution is -2.05. The Morgan fingerprint density at radius 3 is 2.88 bits per heavy atom. The zero-order valence-electron chi connectivity index (χ0n) is 9.11. The predicted molar refractivity (Wildman–Crippen MR) is 66.0 cm³/mol. The molecule has 0 spiro atoms. The molecule has 0 aliphatic rings. The first kappa shape index (κ1) is 13.3. The first-order chi connectivity index (χ1) is 8.08. The maximum Gasteiger partial charge on any atom is 0.348 e. The largest absolute Gasteiger partial charge is 0.507 e. The normalized spacial score (nSPS) is 10.8. The first-order valence-corrected chi connectivity index (χ1v) is 5.65. The molecule has 0 aliphatic heterocycles. The van der Waals surface area contributed by atoms with E-state index in [1.807, 2.05) is 0 Å². The maximum absolute atomic E-state index is 11.4. The van der Waals surface area contributed by atoms with Crippen LogP contribution in [0.15, 0.2) is 28.2 Å². The number of aromatic hydroxyl groups is 1. The molecule has 1 rings (SSSR count). The second kappa shape index (κ2) is 6.06. The van der Waals surface area contributed by atoms with Crippen molar-refractivity contribution in [2.45, 2.75) is 6.92 Å². The zero-order chi connectivity index (χ0) is 12.8. The van der Waals surface area contributed by atoms with Crippen LogP contribution in [0, 0.1) is 11.3 Å². The van der Waals surface area contributed by atoms with Gasteiger partial charge in [0.25, 0.3) is 0 Å². The van der Waals surface area contributed by atoms with E-state index in [1.54, 1.807) is 25.1 Å². The fraction of sp³-hybridized carbons (Fsp3) is 0.167. The van der Waals surface area contributed by atoms with Gasteiger partial charge < -0.3 is 9.84 Å². The van der Waals surface area contributed by atoms with Gasteiger partial charge in [-0.25, -0.2) is 4.79 Å². The van der Waals surface area contributed by atoms with Crippen molar-refractivity contribution < 1.29 is 14.6 Å². The van der Waals surface area contributed by atoms with Gasteiger partial charge in [0.2, 0.25) is 0 Å². The fourth-order valence-corrected chi connectivity index (χ4v) is 1.52. The minimum Gasteiger partial charge on any atom is -0.507 e. The lowest BCUT2D eigenvalue weighted by Gasteiger charge is -2.01. The van der Waals surface area contributed by atoms with E-state index in [0.29, 0.717) is 10.0 Å². The highest BCUT2D eigenvalue weighted by Gasteiger charge is 2.09. The Bertz CT molecular complexity index is 503. The molecule has 0 atom stereocenters. The van der Waals surface area contributed by atoms with Crippen LogP contribution in [0.5, 0.6) is 5.75 Å². The van der Waals surface area contributed by atoms with Crippen LogP contribution >= 0.6 is 15.9 Å². The van der Waals surface area contributed by atoms with Crippen LogP contribution in [0.1, 0.15) is 12.5 Å². The number of phenols is 1. The topological polar surface area (TPSA) is 70.3 Å². The van der Waals surface area contributed by atoms with Crippen LogP contribution in [-0.2, 0) is 9.53 Å². The van der Waals surface area contributed by atoms with Gasteiger partial charge in [-0.1, -0.05) is 6.07 Å². The fourth-order valence-electron chi connectivity index (χ4n) is 1.13. The number of halogens is 1. The van der Waals surface area contributed by atoms with Crippen molar-refractivity contribution in [1.29, 1.82) is 5.26 Å². The Labute approximate surface area is 107 Å². The number of esters is 1. The van der Waals surface area contributed by atoms with Crippen molar-refractivity contribution in [3.8, 4) is 11.8 Å². The number of nitrogens with zero attached hydrogens (tertiary/aromatic N) is 1. The molecular formula is C12H10BrNO3. The number of ether oxygens (including phenoxy) is 1. The summed E-state index contributed by atoms with van der Waals surface area (Å²) in [6, 6.07) is 6.44. The summed E-state index contributed by atoms with van der Waals surface area (Å²) in [5, 5.41) is 18.1. The molecule has 1 N–H and O–H groups in total. The molecule has 0 amide bonds. The molecule has 1 aromatic carbocycles. The molecule has 0 aliphatic carbocycles. The van der Waals surface area contributed by atoms with Crippen LogP contribution in [0.2, 0.25) is 0 Å². The molecule has 0 radical (unpaired) electrons. The number of nitriles is 1. The van der Waals surface area contributed by atoms with Gasteiger partial charge >= 0.3 is 5.97 Å². The lowest BCUT2D eigenvalue weighted by atomic mass is 10.1. The molecule has 4 nitrogen and oxygen atoms in total. The number of carbonyl (C=O) groups excluding carboxylic acids is 1.